The van der Waals surface area contributed by atoms with Gasteiger partial charge in [-0.2, -0.15) is 0 Å². The van der Waals surface area contributed by atoms with Crippen molar-refractivity contribution < 1.29 is 9.53 Å². The van der Waals surface area contributed by atoms with Gasteiger partial charge >= 0.3 is 5.97 Å². The molecule has 118 valence electrons. The van der Waals surface area contributed by atoms with Crippen molar-refractivity contribution in [1.82, 2.24) is 9.38 Å². The lowest BCUT2D eigenvalue weighted by molar-refractivity contribution is 0.0377. The highest BCUT2D eigenvalue weighted by Gasteiger charge is 2.17. The average Bonchev–Trinajstić information content (AvgIpc) is 3.14. The molecule has 0 aliphatic heterocycles. The Morgan fingerprint density at radius 1 is 1.43 bits per heavy atom. The molecule has 0 radical (unpaired) electrons. The van der Waals surface area contributed by atoms with E-state index in [1.54, 1.807) is 17.4 Å². The van der Waals surface area contributed by atoms with Crippen LogP contribution in [0.3, 0.4) is 0 Å². The molecule has 23 heavy (non-hydrogen) atoms. The summed E-state index contributed by atoms with van der Waals surface area (Å²) in [4.78, 5) is 16.7. The summed E-state index contributed by atoms with van der Waals surface area (Å²) in [7, 11) is 0. The summed E-state index contributed by atoms with van der Waals surface area (Å²) in [6, 6.07) is 3.89. The number of nitrogens with zero attached hydrogens (tertiary/aromatic N) is 2. The molecule has 0 spiro atoms. The molecule has 0 amide bonds. The summed E-state index contributed by atoms with van der Waals surface area (Å²) in [5.41, 5.74) is 7.00. The first-order chi connectivity index (χ1) is 11.0. The zero-order valence-corrected chi connectivity index (χ0v) is 14.2. The van der Waals surface area contributed by atoms with Crippen molar-refractivity contribution in [2.24, 2.45) is 0 Å². The number of carbonyl (C=O) groups excluding carboxylic acids is 1. The first-order valence-electron chi connectivity index (χ1n) is 7.39. The van der Waals surface area contributed by atoms with E-state index in [0.29, 0.717) is 5.56 Å². The molecule has 0 unspecified atom stereocenters. The number of fused-ring (bicyclic) bond motifs is 1. The minimum Gasteiger partial charge on any atom is -0.459 e. The second kappa shape index (κ2) is 6.01. The number of esters is 1. The molecule has 3 rings (SSSR count). The van der Waals surface area contributed by atoms with Crippen molar-refractivity contribution >= 4 is 28.9 Å². The molecule has 3 heterocycles. The molecule has 3 aromatic rings. The van der Waals surface area contributed by atoms with Crippen molar-refractivity contribution in [3.8, 4) is 11.3 Å². The molecule has 0 saturated heterocycles. The molecule has 0 N–H and O–H groups in total. The number of hydrogen-bond acceptors (Lipinski definition) is 4. The van der Waals surface area contributed by atoms with Gasteiger partial charge in [0.1, 0.15) is 0 Å². The molecule has 0 atom stereocenters. The molecule has 4 nitrogen and oxygen atoms in total. The van der Waals surface area contributed by atoms with Gasteiger partial charge in [-0.1, -0.05) is 6.58 Å². The van der Waals surface area contributed by atoms with Crippen LogP contribution in [0.25, 0.3) is 22.9 Å². The minimum atomic E-state index is -0.306. The fourth-order valence-electron chi connectivity index (χ4n) is 2.61. The molecular formula is C18H18N2O2S. The van der Waals surface area contributed by atoms with Gasteiger partial charge in [0.25, 0.3) is 0 Å². The smallest absolute Gasteiger partial charge is 0.338 e. The summed E-state index contributed by atoms with van der Waals surface area (Å²) < 4.78 is 7.38. The van der Waals surface area contributed by atoms with Crippen LogP contribution in [-0.4, -0.2) is 21.5 Å². The molecule has 0 aliphatic rings. The zero-order chi connectivity index (χ0) is 16.6. The van der Waals surface area contributed by atoms with Gasteiger partial charge in [0.2, 0.25) is 0 Å². The van der Waals surface area contributed by atoms with Gasteiger partial charge in [0, 0.05) is 28.4 Å². The van der Waals surface area contributed by atoms with Crippen LogP contribution in [-0.2, 0) is 4.74 Å². The zero-order valence-electron chi connectivity index (χ0n) is 13.4. The van der Waals surface area contributed by atoms with Crippen LogP contribution in [0.4, 0.5) is 0 Å². The molecule has 0 fully saturated rings. The number of thiazole rings is 1. The highest BCUT2D eigenvalue weighted by Crippen LogP contribution is 2.27. The van der Waals surface area contributed by atoms with Gasteiger partial charge in [-0.15, -0.1) is 11.3 Å². The highest BCUT2D eigenvalue weighted by molar-refractivity contribution is 7.07. The Hall–Kier alpha value is -2.40. The Labute approximate surface area is 139 Å². The Kier molecular flexibility index (Phi) is 4.05. The maximum Gasteiger partial charge on any atom is 0.338 e. The molecule has 0 saturated carbocycles. The van der Waals surface area contributed by atoms with Crippen LogP contribution >= 0.6 is 11.3 Å². The second-order valence-corrected chi connectivity index (χ2v) is 6.34. The van der Waals surface area contributed by atoms with Crippen LogP contribution in [0, 0.1) is 6.92 Å². The predicted octanol–water partition coefficient (Wildman–Crippen LogP) is 4.58. The first kappa shape index (κ1) is 15.5. The van der Waals surface area contributed by atoms with Crippen LogP contribution in [0.5, 0.6) is 0 Å². The molecule has 3 aromatic heterocycles. The van der Waals surface area contributed by atoms with E-state index in [0.717, 1.165) is 28.0 Å². The average molecular weight is 326 g/mol. The van der Waals surface area contributed by atoms with E-state index in [-0.39, 0.29) is 12.1 Å². The van der Waals surface area contributed by atoms with Crippen molar-refractivity contribution in [2.45, 2.75) is 26.9 Å². The molecule has 5 heteroatoms. The van der Waals surface area contributed by atoms with Gasteiger partial charge in [0.05, 0.1) is 22.9 Å². The summed E-state index contributed by atoms with van der Waals surface area (Å²) >= 11 is 1.56. The molecule has 0 bridgehead atoms. The summed E-state index contributed by atoms with van der Waals surface area (Å²) in [6.45, 7) is 9.49. The molecular weight excluding hydrogens is 308 g/mol. The van der Waals surface area contributed by atoms with Gasteiger partial charge < -0.3 is 9.14 Å². The number of pyridine rings is 1. The van der Waals surface area contributed by atoms with Crippen molar-refractivity contribution in [1.29, 1.82) is 0 Å². The van der Waals surface area contributed by atoms with Gasteiger partial charge in [-0.3, -0.25) is 0 Å². The fraction of sp³-hybridized carbons (Fsp3) is 0.222. The van der Waals surface area contributed by atoms with E-state index in [4.69, 9.17) is 4.74 Å². The van der Waals surface area contributed by atoms with Gasteiger partial charge in [-0.05, 0) is 44.5 Å². The third-order valence-electron chi connectivity index (χ3n) is 3.67. The summed E-state index contributed by atoms with van der Waals surface area (Å²) in [5, 5.41) is 2.00. The topological polar surface area (TPSA) is 43.6 Å². The van der Waals surface area contributed by atoms with Crippen molar-refractivity contribution in [3.05, 3.63) is 52.6 Å². The third-order valence-corrected chi connectivity index (χ3v) is 4.26. The first-order valence-corrected chi connectivity index (χ1v) is 8.33. The highest BCUT2D eigenvalue weighted by atomic mass is 32.1. The fourth-order valence-corrected chi connectivity index (χ4v) is 3.17. The number of hydrogen-bond donors (Lipinski definition) is 0. The van der Waals surface area contributed by atoms with Crippen LogP contribution in [0.15, 0.2) is 35.8 Å². The Bertz CT molecular complexity index is 876. The Morgan fingerprint density at radius 3 is 2.83 bits per heavy atom. The quantitative estimate of drug-likeness (QED) is 0.659. The number of ether oxygens (including phenoxy) is 1. The lowest BCUT2D eigenvalue weighted by Crippen LogP contribution is -2.14. The van der Waals surface area contributed by atoms with Crippen molar-refractivity contribution in [2.75, 3.05) is 0 Å². The van der Waals surface area contributed by atoms with E-state index in [2.05, 4.69) is 11.6 Å². The third kappa shape index (κ3) is 2.80. The van der Waals surface area contributed by atoms with Crippen LogP contribution < -0.4 is 0 Å². The van der Waals surface area contributed by atoms with Gasteiger partial charge in [-0.25, -0.2) is 9.78 Å². The van der Waals surface area contributed by atoms with Crippen LogP contribution in [0.2, 0.25) is 0 Å². The molecule has 0 aromatic carbocycles. The number of rotatable bonds is 4. The predicted molar refractivity (Wildman–Crippen MR) is 93.9 cm³/mol. The minimum absolute atomic E-state index is 0.150. The normalized spacial score (nSPS) is 11.1. The Balaban J connectivity index is 2.19. The number of carbonyl (C=O) groups is 1. The second-order valence-electron chi connectivity index (χ2n) is 5.62. The van der Waals surface area contributed by atoms with E-state index >= 15 is 0 Å². The van der Waals surface area contributed by atoms with Crippen molar-refractivity contribution in [3.63, 3.8) is 0 Å². The summed E-state index contributed by atoms with van der Waals surface area (Å²) in [5.74, 6) is -0.306. The van der Waals surface area contributed by atoms with Gasteiger partial charge in [0.15, 0.2) is 0 Å². The largest absolute Gasteiger partial charge is 0.459 e. The standard InChI is InChI=1S/C18H18N2O2S/c1-5-17-12(4)15(18(21)22-11(2)3)7-14-6-13(8-20(14)17)16-9-23-10-19-16/h5-11H,1H2,2-4H3. The maximum absolute atomic E-state index is 12.3. The monoisotopic (exact) mass is 326 g/mol. The molecule has 0 aliphatic carbocycles. The SMILES string of the molecule is C=Cc1c(C)c(C(=O)OC(C)C)cc2cc(-c3cscn3)cn12. The lowest BCUT2D eigenvalue weighted by atomic mass is 10.1. The van der Waals surface area contributed by atoms with E-state index in [1.807, 2.05) is 54.4 Å². The summed E-state index contributed by atoms with van der Waals surface area (Å²) in [6.07, 6.45) is 3.63. The maximum atomic E-state index is 12.3. The van der Waals surface area contributed by atoms with E-state index < -0.39 is 0 Å². The van der Waals surface area contributed by atoms with Crippen LogP contribution in [0.1, 0.15) is 35.5 Å². The number of aromatic nitrogens is 2. The van der Waals surface area contributed by atoms with E-state index in [1.165, 1.54) is 0 Å². The van der Waals surface area contributed by atoms with E-state index in [9.17, 15) is 4.79 Å². The lowest BCUT2D eigenvalue weighted by Gasteiger charge is -2.13. The Morgan fingerprint density at radius 2 is 2.22 bits per heavy atom.